The van der Waals surface area contributed by atoms with E-state index in [0.717, 1.165) is 34.2 Å². The molecule has 0 bridgehead atoms. The van der Waals surface area contributed by atoms with E-state index in [0.29, 0.717) is 37.2 Å². The number of nitrogens with two attached hydrogens (primary N) is 1. The van der Waals surface area contributed by atoms with Crippen molar-refractivity contribution in [2.45, 2.75) is 69.0 Å². The first-order valence-corrected chi connectivity index (χ1v) is 12.9. The molecule has 2 aromatic rings. The molecule has 0 aliphatic heterocycles. The van der Waals surface area contributed by atoms with Crippen LogP contribution in [-0.2, 0) is 0 Å². The lowest BCUT2D eigenvalue weighted by Crippen LogP contribution is -2.58. The van der Waals surface area contributed by atoms with E-state index < -0.39 is 23.9 Å². The number of aliphatic hydroxyl groups excluding tert-OH is 3. The first kappa shape index (κ1) is 23.9. The average Bonchev–Trinajstić information content (AvgIpc) is 3.30. The van der Waals surface area contributed by atoms with E-state index in [1.807, 2.05) is 31.1 Å². The Morgan fingerprint density at radius 2 is 1.94 bits per heavy atom. The Hall–Kier alpha value is -2.49. The standard InChI is InChI=1S/C28H36N4O4/c1-27-13-23(33)16-11-19-24(34)25(35)22(32(2)3)12-28(19,36)9-8-15(16)18(27)6-5-17(27)14-4-7-20-21(10-14)31-26(29)30-20/h4-5,7,10-11,18,22-25,33-36H,6,8-9,12-13H2,1-3H3,(H3,29,30,31)/t18?,22-,23?,24+,25+,27+,28+/m0/s1. The monoisotopic (exact) mass is 492 g/mol. The fraction of sp³-hybridized carbons (Fsp3) is 0.536. The molecule has 1 aromatic heterocycles. The third kappa shape index (κ3) is 3.35. The number of allylic oxidation sites excluding steroid dienone is 3. The van der Waals surface area contributed by atoms with Crippen LogP contribution in [0.25, 0.3) is 16.6 Å². The number of likely N-dealkylation sites (N-methyl/N-ethyl adjacent to an activating group) is 1. The highest BCUT2D eigenvalue weighted by atomic mass is 16.3. The maximum atomic E-state index is 11.7. The summed E-state index contributed by atoms with van der Waals surface area (Å²) in [5.41, 5.74) is 10.8. The van der Waals surface area contributed by atoms with Crippen molar-refractivity contribution in [2.24, 2.45) is 11.3 Å². The van der Waals surface area contributed by atoms with Crippen molar-refractivity contribution < 1.29 is 20.4 Å². The Bertz CT molecular complexity index is 1330. The van der Waals surface area contributed by atoms with Crippen molar-refractivity contribution in [1.29, 1.82) is 0 Å². The lowest BCUT2D eigenvalue weighted by Gasteiger charge is -2.46. The normalized spacial score (nSPS) is 38.4. The SMILES string of the molecule is CN(C)[C@H]1C[C@]2(O)CCC3=C(C=C2[C@@H](O)[C@@H]1O)C(O)C[C@]1(C)C(c2ccc4[nH]c(N)nc4c2)=CCC31. The predicted octanol–water partition coefficient (Wildman–Crippen LogP) is 2.12. The fourth-order valence-electron chi connectivity index (χ4n) is 7.49. The van der Waals surface area contributed by atoms with E-state index >= 15 is 0 Å². The topological polar surface area (TPSA) is 139 Å². The van der Waals surface area contributed by atoms with Crippen LogP contribution in [0.2, 0.25) is 0 Å². The third-order valence-corrected chi connectivity index (χ3v) is 9.42. The Balaban J connectivity index is 1.37. The lowest BCUT2D eigenvalue weighted by molar-refractivity contribution is -0.0922. The molecule has 7 N–H and O–H groups in total. The summed E-state index contributed by atoms with van der Waals surface area (Å²) < 4.78 is 0. The molecule has 8 nitrogen and oxygen atoms in total. The number of aromatic nitrogens is 2. The molecule has 0 saturated heterocycles. The van der Waals surface area contributed by atoms with Crippen LogP contribution in [0, 0.1) is 11.3 Å². The molecule has 0 amide bonds. The van der Waals surface area contributed by atoms with Gasteiger partial charge < -0.3 is 36.0 Å². The molecule has 6 rings (SSSR count). The number of nitrogen functional groups attached to an aromatic ring is 1. The second-order valence-corrected chi connectivity index (χ2v) is 11.7. The number of fused-ring (bicyclic) bond motifs is 4. The van der Waals surface area contributed by atoms with Crippen molar-refractivity contribution >= 4 is 22.6 Å². The van der Waals surface area contributed by atoms with Gasteiger partial charge in [-0.3, -0.25) is 0 Å². The molecule has 7 atom stereocenters. The molecular weight excluding hydrogens is 456 g/mol. The van der Waals surface area contributed by atoms with E-state index in [2.05, 4.69) is 35.1 Å². The van der Waals surface area contributed by atoms with Crippen molar-refractivity contribution in [3.8, 4) is 0 Å². The van der Waals surface area contributed by atoms with Crippen LogP contribution < -0.4 is 5.73 Å². The summed E-state index contributed by atoms with van der Waals surface area (Å²) in [6.07, 6.45) is 4.04. The van der Waals surface area contributed by atoms with Gasteiger partial charge in [0.2, 0.25) is 0 Å². The lowest BCUT2D eigenvalue weighted by atomic mass is 9.61. The molecule has 36 heavy (non-hydrogen) atoms. The van der Waals surface area contributed by atoms with Gasteiger partial charge in [0.15, 0.2) is 5.95 Å². The summed E-state index contributed by atoms with van der Waals surface area (Å²) in [7, 11) is 3.71. The number of nitrogens with zero attached hydrogens (tertiary/aromatic N) is 2. The van der Waals surface area contributed by atoms with Gasteiger partial charge in [-0.2, -0.15) is 0 Å². The number of rotatable bonds is 2. The van der Waals surface area contributed by atoms with Gasteiger partial charge in [-0.15, -0.1) is 0 Å². The Kier molecular flexibility index (Phi) is 5.31. The van der Waals surface area contributed by atoms with Crippen LogP contribution in [0.1, 0.15) is 44.6 Å². The number of aliphatic hydroxyl groups is 4. The van der Waals surface area contributed by atoms with Crippen LogP contribution in [-0.4, -0.2) is 79.3 Å². The van der Waals surface area contributed by atoms with E-state index in [-0.39, 0.29) is 17.4 Å². The number of nitrogens with one attached hydrogen (secondary N) is 1. The molecule has 1 saturated carbocycles. The maximum Gasteiger partial charge on any atom is 0.198 e. The number of anilines is 1. The molecule has 1 heterocycles. The summed E-state index contributed by atoms with van der Waals surface area (Å²) in [6, 6.07) is 5.79. The Morgan fingerprint density at radius 3 is 2.69 bits per heavy atom. The zero-order valence-electron chi connectivity index (χ0n) is 21.1. The molecule has 1 aromatic carbocycles. The Morgan fingerprint density at radius 1 is 1.17 bits per heavy atom. The van der Waals surface area contributed by atoms with Gasteiger partial charge in [0.25, 0.3) is 0 Å². The molecule has 0 radical (unpaired) electrons. The average molecular weight is 493 g/mol. The van der Waals surface area contributed by atoms with E-state index in [9.17, 15) is 20.4 Å². The largest absolute Gasteiger partial charge is 0.388 e. The van der Waals surface area contributed by atoms with Gasteiger partial charge in [-0.1, -0.05) is 30.7 Å². The predicted molar refractivity (Wildman–Crippen MR) is 139 cm³/mol. The molecule has 2 unspecified atom stereocenters. The maximum absolute atomic E-state index is 11.7. The van der Waals surface area contributed by atoms with Gasteiger partial charge in [0, 0.05) is 11.5 Å². The second-order valence-electron chi connectivity index (χ2n) is 11.7. The highest BCUT2D eigenvalue weighted by Crippen LogP contribution is 2.60. The molecule has 192 valence electrons. The minimum atomic E-state index is -1.22. The highest BCUT2D eigenvalue weighted by Gasteiger charge is 2.53. The van der Waals surface area contributed by atoms with Crippen molar-refractivity contribution in [2.75, 3.05) is 19.8 Å². The zero-order valence-corrected chi connectivity index (χ0v) is 21.1. The second kappa shape index (κ2) is 8.00. The minimum absolute atomic E-state index is 0.193. The smallest absolute Gasteiger partial charge is 0.198 e. The zero-order chi connectivity index (χ0) is 25.6. The van der Waals surface area contributed by atoms with Gasteiger partial charge in [-0.05, 0) is 86.5 Å². The summed E-state index contributed by atoms with van der Waals surface area (Å²) in [6.45, 7) is 2.23. The Labute approximate surface area is 210 Å². The van der Waals surface area contributed by atoms with Gasteiger partial charge in [-0.25, -0.2) is 4.98 Å². The summed E-state index contributed by atoms with van der Waals surface area (Å²) >= 11 is 0. The first-order valence-electron chi connectivity index (χ1n) is 12.9. The molecule has 4 aliphatic carbocycles. The molecule has 1 fully saturated rings. The van der Waals surface area contributed by atoms with Crippen LogP contribution in [0.4, 0.5) is 5.95 Å². The fourth-order valence-corrected chi connectivity index (χ4v) is 7.49. The number of hydrogen-bond donors (Lipinski definition) is 6. The van der Waals surface area contributed by atoms with Crippen LogP contribution in [0.5, 0.6) is 0 Å². The summed E-state index contributed by atoms with van der Waals surface area (Å²) in [5.74, 6) is 0.586. The highest BCUT2D eigenvalue weighted by molar-refractivity contribution is 5.84. The van der Waals surface area contributed by atoms with Crippen LogP contribution >= 0.6 is 0 Å². The number of H-pyrrole nitrogens is 1. The van der Waals surface area contributed by atoms with Gasteiger partial charge >= 0.3 is 0 Å². The molecule has 0 spiro atoms. The van der Waals surface area contributed by atoms with Gasteiger partial charge in [0.05, 0.1) is 28.8 Å². The minimum Gasteiger partial charge on any atom is -0.388 e. The number of aromatic amines is 1. The molecule has 4 aliphatic rings. The summed E-state index contributed by atoms with van der Waals surface area (Å²) in [4.78, 5) is 9.33. The van der Waals surface area contributed by atoms with Crippen molar-refractivity contribution in [3.05, 3.63) is 52.6 Å². The quantitative estimate of drug-likeness (QED) is 0.378. The van der Waals surface area contributed by atoms with Gasteiger partial charge in [0.1, 0.15) is 6.10 Å². The number of benzene rings is 1. The van der Waals surface area contributed by atoms with E-state index in [1.54, 1.807) is 0 Å². The number of imidazole rings is 1. The van der Waals surface area contributed by atoms with E-state index in [1.165, 1.54) is 5.57 Å². The summed E-state index contributed by atoms with van der Waals surface area (Å²) in [5, 5.41) is 45.0. The van der Waals surface area contributed by atoms with Crippen LogP contribution in [0.3, 0.4) is 0 Å². The van der Waals surface area contributed by atoms with Crippen molar-refractivity contribution in [1.82, 2.24) is 14.9 Å². The van der Waals surface area contributed by atoms with E-state index in [4.69, 9.17) is 5.73 Å². The molecule has 8 heteroatoms. The van der Waals surface area contributed by atoms with Crippen molar-refractivity contribution in [3.63, 3.8) is 0 Å². The first-order chi connectivity index (χ1) is 17.0. The molecular formula is C28H36N4O4. The number of hydrogen-bond acceptors (Lipinski definition) is 7. The van der Waals surface area contributed by atoms with Crippen LogP contribution in [0.15, 0.2) is 47.1 Å². The third-order valence-electron chi connectivity index (χ3n) is 9.42.